The van der Waals surface area contributed by atoms with Gasteiger partial charge in [0.15, 0.2) is 6.04 Å². The second-order valence-electron chi connectivity index (χ2n) is 5.42. The van der Waals surface area contributed by atoms with E-state index in [0.717, 1.165) is 16.8 Å². The van der Waals surface area contributed by atoms with Gasteiger partial charge in [0.25, 0.3) is 0 Å². The van der Waals surface area contributed by atoms with E-state index in [4.69, 9.17) is 9.73 Å². The summed E-state index contributed by atoms with van der Waals surface area (Å²) in [5, 5.41) is 0. The van der Waals surface area contributed by atoms with Crippen LogP contribution in [-0.2, 0) is 9.53 Å². The van der Waals surface area contributed by atoms with Gasteiger partial charge in [-0.2, -0.15) is 0 Å². The number of carbonyl (C=O) groups excluding carboxylic acids is 1. The number of nitrogens with zero attached hydrogens (tertiary/aromatic N) is 1. The van der Waals surface area contributed by atoms with Gasteiger partial charge in [-0.25, -0.2) is 4.79 Å². The molecular formula is C19H21NO2. The van der Waals surface area contributed by atoms with Crippen LogP contribution in [0.2, 0.25) is 0 Å². The van der Waals surface area contributed by atoms with Gasteiger partial charge in [-0.1, -0.05) is 74.5 Å². The Morgan fingerprint density at radius 2 is 1.36 bits per heavy atom. The third-order valence-electron chi connectivity index (χ3n) is 3.44. The molecule has 0 amide bonds. The highest BCUT2D eigenvalue weighted by Crippen LogP contribution is 2.16. The van der Waals surface area contributed by atoms with Crippen LogP contribution in [0.15, 0.2) is 65.7 Å². The van der Waals surface area contributed by atoms with Crippen molar-refractivity contribution in [3.8, 4) is 0 Å². The summed E-state index contributed by atoms with van der Waals surface area (Å²) < 4.78 is 4.90. The summed E-state index contributed by atoms with van der Waals surface area (Å²) in [7, 11) is 1.40. The van der Waals surface area contributed by atoms with Crippen LogP contribution in [0.3, 0.4) is 0 Å². The number of esters is 1. The zero-order chi connectivity index (χ0) is 15.9. The minimum Gasteiger partial charge on any atom is -0.467 e. The Bertz CT molecular complexity index is 591. The van der Waals surface area contributed by atoms with Crippen molar-refractivity contribution in [1.82, 2.24) is 0 Å². The van der Waals surface area contributed by atoms with Crippen LogP contribution in [0.4, 0.5) is 0 Å². The Morgan fingerprint density at radius 3 is 1.73 bits per heavy atom. The number of carbonyl (C=O) groups is 1. The summed E-state index contributed by atoms with van der Waals surface area (Å²) in [5.74, 6) is -0.241. The van der Waals surface area contributed by atoms with Crippen molar-refractivity contribution in [3.63, 3.8) is 0 Å². The van der Waals surface area contributed by atoms with Crippen molar-refractivity contribution in [2.24, 2.45) is 10.9 Å². The number of benzene rings is 2. The van der Waals surface area contributed by atoms with Crippen LogP contribution in [0.25, 0.3) is 0 Å². The van der Waals surface area contributed by atoms with Crippen molar-refractivity contribution < 1.29 is 9.53 Å². The maximum atomic E-state index is 12.0. The van der Waals surface area contributed by atoms with E-state index >= 15 is 0 Å². The summed E-state index contributed by atoms with van der Waals surface area (Å²) in [5.41, 5.74) is 2.79. The van der Waals surface area contributed by atoms with Crippen LogP contribution in [0, 0.1) is 5.92 Å². The van der Waals surface area contributed by atoms with Crippen molar-refractivity contribution in [1.29, 1.82) is 0 Å². The third kappa shape index (κ3) is 3.82. The largest absolute Gasteiger partial charge is 0.467 e. The molecule has 3 heteroatoms. The number of rotatable bonds is 5. The Hall–Kier alpha value is -2.42. The third-order valence-corrected chi connectivity index (χ3v) is 3.44. The standard InChI is InChI=1S/C19H21NO2/c1-14(2)17(19(21)22-3)20-18(15-10-6-4-7-11-15)16-12-8-5-9-13-16/h4-14,17H,1-3H3. The van der Waals surface area contributed by atoms with Gasteiger partial charge in [-0.3, -0.25) is 4.99 Å². The van der Waals surface area contributed by atoms with Crippen molar-refractivity contribution >= 4 is 11.7 Å². The number of methoxy groups -OCH3 is 1. The van der Waals surface area contributed by atoms with Gasteiger partial charge in [0.1, 0.15) is 0 Å². The summed E-state index contributed by atoms with van der Waals surface area (Å²) >= 11 is 0. The first-order valence-corrected chi connectivity index (χ1v) is 7.40. The summed E-state index contributed by atoms with van der Waals surface area (Å²) in [6.45, 7) is 3.94. The Balaban J connectivity index is 2.53. The highest BCUT2D eigenvalue weighted by atomic mass is 16.5. The predicted octanol–water partition coefficient (Wildman–Crippen LogP) is 3.72. The van der Waals surface area contributed by atoms with Gasteiger partial charge in [0.05, 0.1) is 12.8 Å². The first kappa shape index (κ1) is 16.0. The highest BCUT2D eigenvalue weighted by molar-refractivity contribution is 6.13. The Labute approximate surface area is 131 Å². The van der Waals surface area contributed by atoms with Gasteiger partial charge in [-0.05, 0) is 5.92 Å². The molecule has 0 spiro atoms. The zero-order valence-corrected chi connectivity index (χ0v) is 13.2. The molecule has 0 saturated heterocycles. The molecule has 0 N–H and O–H groups in total. The van der Waals surface area contributed by atoms with Crippen LogP contribution in [-0.4, -0.2) is 24.8 Å². The van der Waals surface area contributed by atoms with E-state index in [1.807, 2.05) is 74.5 Å². The molecule has 0 bridgehead atoms. The SMILES string of the molecule is COC(=O)C(N=C(c1ccccc1)c1ccccc1)C(C)C. The zero-order valence-electron chi connectivity index (χ0n) is 13.2. The normalized spacial score (nSPS) is 11.8. The fraction of sp³-hybridized carbons (Fsp3) is 0.263. The number of hydrogen-bond acceptors (Lipinski definition) is 3. The number of aliphatic imine (C=N–C) groups is 1. The molecule has 0 aromatic heterocycles. The molecule has 0 saturated carbocycles. The molecule has 1 atom stereocenters. The van der Waals surface area contributed by atoms with Gasteiger partial charge in [0, 0.05) is 11.1 Å². The van der Waals surface area contributed by atoms with Gasteiger partial charge >= 0.3 is 5.97 Å². The molecule has 2 aromatic carbocycles. The predicted molar refractivity (Wildman–Crippen MR) is 89.2 cm³/mol. The average molecular weight is 295 g/mol. The Kier molecular flexibility index (Phi) is 5.48. The average Bonchev–Trinajstić information content (AvgIpc) is 2.56. The molecule has 0 fully saturated rings. The molecule has 1 unspecified atom stereocenters. The van der Waals surface area contributed by atoms with Crippen LogP contribution in [0.1, 0.15) is 25.0 Å². The topological polar surface area (TPSA) is 38.7 Å². The molecule has 114 valence electrons. The van der Waals surface area contributed by atoms with E-state index < -0.39 is 6.04 Å². The molecule has 2 rings (SSSR count). The molecule has 0 radical (unpaired) electrons. The van der Waals surface area contributed by atoms with E-state index in [2.05, 4.69) is 0 Å². The molecule has 0 aliphatic carbocycles. The van der Waals surface area contributed by atoms with E-state index in [0.29, 0.717) is 0 Å². The lowest BCUT2D eigenvalue weighted by molar-refractivity contribution is -0.143. The van der Waals surface area contributed by atoms with E-state index in [1.165, 1.54) is 7.11 Å². The summed E-state index contributed by atoms with van der Waals surface area (Å²) in [4.78, 5) is 16.8. The highest BCUT2D eigenvalue weighted by Gasteiger charge is 2.23. The second-order valence-corrected chi connectivity index (χ2v) is 5.42. The molecule has 0 heterocycles. The fourth-order valence-corrected chi connectivity index (χ4v) is 2.24. The quantitative estimate of drug-likeness (QED) is 0.623. The first-order chi connectivity index (χ1) is 10.6. The van der Waals surface area contributed by atoms with Crippen molar-refractivity contribution in [3.05, 3.63) is 71.8 Å². The van der Waals surface area contributed by atoms with E-state index in [1.54, 1.807) is 0 Å². The van der Waals surface area contributed by atoms with Gasteiger partial charge < -0.3 is 4.74 Å². The second kappa shape index (κ2) is 7.55. The fourth-order valence-electron chi connectivity index (χ4n) is 2.24. The maximum Gasteiger partial charge on any atom is 0.330 e. The number of hydrogen-bond donors (Lipinski definition) is 0. The molecule has 22 heavy (non-hydrogen) atoms. The summed E-state index contributed by atoms with van der Waals surface area (Å²) in [6.07, 6.45) is 0. The molecule has 2 aromatic rings. The van der Waals surface area contributed by atoms with Crippen molar-refractivity contribution in [2.75, 3.05) is 7.11 Å². The van der Waals surface area contributed by atoms with Gasteiger partial charge in [0.2, 0.25) is 0 Å². The number of ether oxygens (including phenoxy) is 1. The van der Waals surface area contributed by atoms with E-state index in [-0.39, 0.29) is 11.9 Å². The van der Waals surface area contributed by atoms with Crippen LogP contribution in [0.5, 0.6) is 0 Å². The minimum absolute atomic E-state index is 0.0647. The lowest BCUT2D eigenvalue weighted by Crippen LogP contribution is -2.27. The maximum absolute atomic E-state index is 12.0. The Morgan fingerprint density at radius 1 is 0.909 bits per heavy atom. The lowest BCUT2D eigenvalue weighted by Gasteiger charge is -2.17. The minimum atomic E-state index is -0.514. The lowest BCUT2D eigenvalue weighted by atomic mass is 10.00. The van der Waals surface area contributed by atoms with E-state index in [9.17, 15) is 4.79 Å². The summed E-state index contributed by atoms with van der Waals surface area (Å²) in [6, 6.07) is 19.3. The smallest absolute Gasteiger partial charge is 0.330 e. The molecule has 3 nitrogen and oxygen atoms in total. The molecular weight excluding hydrogens is 274 g/mol. The van der Waals surface area contributed by atoms with Gasteiger partial charge in [-0.15, -0.1) is 0 Å². The molecule has 0 aliphatic rings. The molecule has 0 aliphatic heterocycles. The van der Waals surface area contributed by atoms with Crippen LogP contribution < -0.4 is 0 Å². The van der Waals surface area contributed by atoms with Crippen molar-refractivity contribution in [2.45, 2.75) is 19.9 Å². The first-order valence-electron chi connectivity index (χ1n) is 7.40. The monoisotopic (exact) mass is 295 g/mol. The van der Waals surface area contributed by atoms with Crippen LogP contribution >= 0.6 is 0 Å².